The molecule has 1 aromatic heterocycles. The van der Waals surface area contributed by atoms with Gasteiger partial charge in [0.15, 0.2) is 5.69 Å². The van der Waals surface area contributed by atoms with Crippen LogP contribution in [0.4, 0.5) is 0 Å². The van der Waals surface area contributed by atoms with Crippen LogP contribution in [0.3, 0.4) is 0 Å². The summed E-state index contributed by atoms with van der Waals surface area (Å²) in [6, 6.07) is 1.70. The molecule has 0 aromatic carbocycles. The molecule has 1 aromatic rings. The second-order valence-corrected chi connectivity index (χ2v) is 6.47. The number of carbonyl (C=O) groups excluding carboxylic acids is 2. The van der Waals surface area contributed by atoms with Crippen LogP contribution in [-0.4, -0.2) is 65.7 Å². The standard InChI is InChI=1S/C15H21N3O4/c1-11(2)18-9-15(10-21-7-13(18)19)4-5-17(8-15)14(20)12-3-6-22-16-12/h3,6,11H,4-5,7-10H2,1-2H3. The van der Waals surface area contributed by atoms with Gasteiger partial charge in [-0.25, -0.2) is 0 Å². The van der Waals surface area contributed by atoms with Gasteiger partial charge in [-0.2, -0.15) is 0 Å². The van der Waals surface area contributed by atoms with Gasteiger partial charge in [0.1, 0.15) is 12.9 Å². The van der Waals surface area contributed by atoms with Gasteiger partial charge in [-0.1, -0.05) is 5.16 Å². The van der Waals surface area contributed by atoms with Gasteiger partial charge >= 0.3 is 0 Å². The molecule has 0 aliphatic carbocycles. The summed E-state index contributed by atoms with van der Waals surface area (Å²) >= 11 is 0. The van der Waals surface area contributed by atoms with Crippen LogP contribution >= 0.6 is 0 Å². The number of ether oxygens (including phenoxy) is 1. The summed E-state index contributed by atoms with van der Waals surface area (Å²) < 4.78 is 10.3. The molecule has 1 unspecified atom stereocenters. The van der Waals surface area contributed by atoms with Crippen molar-refractivity contribution in [2.24, 2.45) is 5.41 Å². The quantitative estimate of drug-likeness (QED) is 0.807. The Balaban J connectivity index is 1.74. The van der Waals surface area contributed by atoms with Gasteiger partial charge in [0, 0.05) is 37.2 Å². The molecule has 22 heavy (non-hydrogen) atoms. The average molecular weight is 307 g/mol. The summed E-state index contributed by atoms with van der Waals surface area (Å²) in [6.07, 6.45) is 2.22. The number of hydrogen-bond donors (Lipinski definition) is 0. The van der Waals surface area contributed by atoms with Crippen LogP contribution in [0.1, 0.15) is 30.8 Å². The first-order valence-electron chi connectivity index (χ1n) is 7.58. The van der Waals surface area contributed by atoms with Gasteiger partial charge in [-0.05, 0) is 20.3 Å². The molecule has 2 amide bonds. The monoisotopic (exact) mass is 307 g/mol. The van der Waals surface area contributed by atoms with Gasteiger partial charge in [0.2, 0.25) is 5.91 Å². The first kappa shape index (κ1) is 15.0. The molecule has 0 N–H and O–H groups in total. The zero-order chi connectivity index (χ0) is 15.7. The highest BCUT2D eigenvalue weighted by molar-refractivity contribution is 5.92. The number of hydrogen-bond acceptors (Lipinski definition) is 5. The van der Waals surface area contributed by atoms with E-state index >= 15 is 0 Å². The number of likely N-dealkylation sites (tertiary alicyclic amines) is 1. The third-order valence-electron chi connectivity index (χ3n) is 4.47. The predicted molar refractivity (Wildman–Crippen MR) is 77.1 cm³/mol. The number of amides is 2. The van der Waals surface area contributed by atoms with Crippen LogP contribution in [0.5, 0.6) is 0 Å². The minimum Gasteiger partial charge on any atom is -0.371 e. The Morgan fingerprint density at radius 3 is 2.91 bits per heavy atom. The fourth-order valence-electron chi connectivity index (χ4n) is 3.24. The second kappa shape index (κ2) is 5.72. The van der Waals surface area contributed by atoms with Gasteiger partial charge in [0.25, 0.3) is 5.91 Å². The molecule has 0 bridgehead atoms. The zero-order valence-corrected chi connectivity index (χ0v) is 12.9. The Hall–Kier alpha value is -1.89. The van der Waals surface area contributed by atoms with Crippen molar-refractivity contribution in [1.82, 2.24) is 15.0 Å². The van der Waals surface area contributed by atoms with E-state index in [1.54, 1.807) is 11.0 Å². The maximum atomic E-state index is 12.4. The lowest BCUT2D eigenvalue weighted by molar-refractivity contribution is -0.135. The van der Waals surface area contributed by atoms with E-state index in [1.807, 2.05) is 18.7 Å². The Kier molecular flexibility index (Phi) is 3.90. The van der Waals surface area contributed by atoms with E-state index in [0.717, 1.165) is 6.42 Å². The van der Waals surface area contributed by atoms with Crippen molar-refractivity contribution in [2.75, 3.05) is 32.8 Å². The molecule has 2 saturated heterocycles. The summed E-state index contributed by atoms with van der Waals surface area (Å²) in [7, 11) is 0. The number of carbonyl (C=O) groups is 2. The summed E-state index contributed by atoms with van der Waals surface area (Å²) in [5.74, 6) is -0.106. The molecular weight excluding hydrogens is 286 g/mol. The topological polar surface area (TPSA) is 75.9 Å². The Morgan fingerprint density at radius 2 is 2.23 bits per heavy atom. The molecule has 3 heterocycles. The molecule has 7 nitrogen and oxygen atoms in total. The Morgan fingerprint density at radius 1 is 1.41 bits per heavy atom. The molecule has 2 aliphatic heterocycles. The van der Waals surface area contributed by atoms with Crippen molar-refractivity contribution in [3.8, 4) is 0 Å². The van der Waals surface area contributed by atoms with Crippen molar-refractivity contribution in [1.29, 1.82) is 0 Å². The fourth-order valence-corrected chi connectivity index (χ4v) is 3.24. The summed E-state index contributed by atoms with van der Waals surface area (Å²) in [5, 5.41) is 3.71. The average Bonchev–Trinajstić information content (AvgIpc) is 3.10. The van der Waals surface area contributed by atoms with E-state index in [0.29, 0.717) is 31.9 Å². The van der Waals surface area contributed by atoms with Gasteiger partial charge in [-0.15, -0.1) is 0 Å². The Labute approximate surface area is 129 Å². The highest BCUT2D eigenvalue weighted by atomic mass is 16.5. The molecule has 7 heteroatoms. The molecular formula is C15H21N3O4. The molecule has 3 rings (SSSR count). The largest absolute Gasteiger partial charge is 0.371 e. The summed E-state index contributed by atoms with van der Waals surface area (Å²) in [6.45, 7) is 6.49. The molecule has 120 valence electrons. The zero-order valence-electron chi connectivity index (χ0n) is 12.9. The van der Waals surface area contributed by atoms with Crippen molar-refractivity contribution >= 4 is 11.8 Å². The normalized spacial score (nSPS) is 26.0. The molecule has 1 atom stereocenters. The molecule has 0 radical (unpaired) electrons. The SMILES string of the molecule is CC(C)N1CC2(CCN(C(=O)c3ccon3)C2)COCC1=O. The fraction of sp³-hybridized carbons (Fsp3) is 0.667. The molecule has 2 aliphatic rings. The van der Waals surface area contributed by atoms with E-state index in [4.69, 9.17) is 9.26 Å². The van der Waals surface area contributed by atoms with E-state index in [9.17, 15) is 9.59 Å². The van der Waals surface area contributed by atoms with E-state index < -0.39 is 0 Å². The van der Waals surface area contributed by atoms with Crippen LogP contribution in [0.2, 0.25) is 0 Å². The third-order valence-corrected chi connectivity index (χ3v) is 4.47. The van der Waals surface area contributed by atoms with Gasteiger partial charge < -0.3 is 19.1 Å². The van der Waals surface area contributed by atoms with Gasteiger partial charge in [0.05, 0.1) is 6.61 Å². The van der Waals surface area contributed by atoms with Crippen LogP contribution in [0.25, 0.3) is 0 Å². The number of rotatable bonds is 2. The lowest BCUT2D eigenvalue weighted by Gasteiger charge is -2.33. The molecule has 0 saturated carbocycles. The summed E-state index contributed by atoms with van der Waals surface area (Å²) in [4.78, 5) is 28.1. The lowest BCUT2D eigenvalue weighted by atomic mass is 9.87. The highest BCUT2D eigenvalue weighted by Gasteiger charge is 2.44. The van der Waals surface area contributed by atoms with Crippen molar-refractivity contribution in [3.05, 3.63) is 18.0 Å². The van der Waals surface area contributed by atoms with Crippen LogP contribution in [0, 0.1) is 5.41 Å². The van der Waals surface area contributed by atoms with E-state index in [1.165, 1.54) is 6.26 Å². The first-order valence-corrected chi connectivity index (χ1v) is 7.58. The maximum absolute atomic E-state index is 12.4. The van der Waals surface area contributed by atoms with Crippen molar-refractivity contribution < 1.29 is 18.8 Å². The maximum Gasteiger partial charge on any atom is 0.276 e. The second-order valence-electron chi connectivity index (χ2n) is 6.47. The number of nitrogens with zero attached hydrogens (tertiary/aromatic N) is 3. The third kappa shape index (κ3) is 2.72. The van der Waals surface area contributed by atoms with Crippen LogP contribution in [-0.2, 0) is 9.53 Å². The van der Waals surface area contributed by atoms with Crippen LogP contribution in [0.15, 0.2) is 16.9 Å². The summed E-state index contributed by atoms with van der Waals surface area (Å²) in [5.41, 5.74) is 0.138. The number of aromatic nitrogens is 1. The predicted octanol–water partition coefficient (Wildman–Crippen LogP) is 0.774. The Bertz CT molecular complexity index is 557. The first-order chi connectivity index (χ1) is 10.5. The van der Waals surface area contributed by atoms with Gasteiger partial charge in [-0.3, -0.25) is 9.59 Å². The van der Waals surface area contributed by atoms with Crippen molar-refractivity contribution in [3.63, 3.8) is 0 Å². The van der Waals surface area contributed by atoms with Crippen LogP contribution < -0.4 is 0 Å². The molecule has 1 spiro atoms. The minimum absolute atomic E-state index is 0.0214. The molecule has 2 fully saturated rings. The van der Waals surface area contributed by atoms with E-state index in [-0.39, 0.29) is 29.9 Å². The smallest absolute Gasteiger partial charge is 0.276 e. The lowest BCUT2D eigenvalue weighted by Crippen LogP contribution is -2.46. The van der Waals surface area contributed by atoms with Crippen molar-refractivity contribution in [2.45, 2.75) is 26.3 Å². The minimum atomic E-state index is -0.185. The van der Waals surface area contributed by atoms with E-state index in [2.05, 4.69) is 5.16 Å². The highest BCUT2D eigenvalue weighted by Crippen LogP contribution is 2.34.